The van der Waals surface area contributed by atoms with E-state index >= 15 is 0 Å². The molecule has 2 fully saturated rings. The molecule has 2 N–H and O–H groups in total. The molecule has 0 spiro atoms. The van der Waals surface area contributed by atoms with Gasteiger partial charge >= 0.3 is 0 Å². The first-order valence-electron chi connectivity index (χ1n) is 7.37. The van der Waals surface area contributed by atoms with Gasteiger partial charge < -0.3 is 4.74 Å². The van der Waals surface area contributed by atoms with Gasteiger partial charge in [-0.1, -0.05) is 15.9 Å². The Morgan fingerprint density at radius 1 is 1.17 bits per heavy atom. The summed E-state index contributed by atoms with van der Waals surface area (Å²) in [6.45, 7) is 0. The lowest BCUT2D eigenvalue weighted by atomic mass is 10.1. The molecule has 1 heterocycles. The highest BCUT2D eigenvalue weighted by atomic mass is 79.9. The van der Waals surface area contributed by atoms with Crippen LogP contribution >= 0.6 is 28.1 Å². The topological polar surface area (TPSA) is 67.4 Å². The number of carbonyl (C=O) groups excluding carboxylic acids is 2. The Bertz CT molecular complexity index is 689. The summed E-state index contributed by atoms with van der Waals surface area (Å²) >= 11 is 8.20. The van der Waals surface area contributed by atoms with E-state index in [4.69, 9.17) is 17.0 Å². The minimum Gasteiger partial charge on any atom is -0.490 e. The highest BCUT2D eigenvalue weighted by molar-refractivity contribution is 9.10. The summed E-state index contributed by atoms with van der Waals surface area (Å²) in [4.78, 5) is 24.0. The number of hydrogen-bond acceptors (Lipinski definition) is 4. The summed E-state index contributed by atoms with van der Waals surface area (Å²) in [5.41, 5.74) is 0.687. The van der Waals surface area contributed by atoms with Gasteiger partial charge in [0.25, 0.3) is 11.8 Å². The second-order valence-electron chi connectivity index (χ2n) is 5.50. The third kappa shape index (κ3) is 3.79. The molecule has 1 aromatic carbocycles. The van der Waals surface area contributed by atoms with Gasteiger partial charge in [-0.25, -0.2) is 0 Å². The highest BCUT2D eigenvalue weighted by Gasteiger charge is 2.26. The molecule has 1 saturated carbocycles. The molecule has 2 aliphatic rings. The monoisotopic (exact) mass is 394 g/mol. The van der Waals surface area contributed by atoms with Crippen molar-refractivity contribution in [2.45, 2.75) is 31.8 Å². The van der Waals surface area contributed by atoms with Crippen molar-refractivity contribution in [1.29, 1.82) is 0 Å². The SMILES string of the molecule is O=C1NC(=S)NC(=O)C1=Cc1cc(Br)ccc1OC1CCCC1. The number of hydrogen-bond donors (Lipinski definition) is 2. The van der Waals surface area contributed by atoms with Crippen molar-refractivity contribution in [2.24, 2.45) is 0 Å². The summed E-state index contributed by atoms with van der Waals surface area (Å²) in [6.07, 6.45) is 6.11. The average Bonchev–Trinajstić information content (AvgIpc) is 2.98. The molecule has 2 amide bonds. The van der Waals surface area contributed by atoms with E-state index in [1.165, 1.54) is 18.9 Å². The lowest BCUT2D eigenvalue weighted by molar-refractivity contribution is -0.123. The Morgan fingerprint density at radius 3 is 2.48 bits per heavy atom. The smallest absolute Gasteiger partial charge is 0.263 e. The Morgan fingerprint density at radius 2 is 1.83 bits per heavy atom. The van der Waals surface area contributed by atoms with Crippen LogP contribution in [-0.2, 0) is 9.59 Å². The molecular formula is C16H15BrN2O3S. The van der Waals surface area contributed by atoms with E-state index in [2.05, 4.69) is 26.6 Å². The van der Waals surface area contributed by atoms with E-state index in [0.29, 0.717) is 11.3 Å². The molecule has 0 bridgehead atoms. The molecule has 5 nitrogen and oxygen atoms in total. The summed E-state index contributed by atoms with van der Waals surface area (Å²) in [5.74, 6) is -0.350. The fourth-order valence-corrected chi connectivity index (χ4v) is 3.25. The third-order valence-electron chi connectivity index (χ3n) is 3.81. The zero-order valence-electron chi connectivity index (χ0n) is 12.2. The molecule has 0 atom stereocenters. The molecule has 1 aliphatic carbocycles. The standard InChI is InChI=1S/C16H15BrN2O3S/c17-10-5-6-13(22-11-3-1-2-4-11)9(7-10)8-12-14(20)18-16(23)19-15(12)21/h5-8,11H,1-4H2,(H2,18,19,20,21,23). The van der Waals surface area contributed by atoms with E-state index in [1.54, 1.807) is 0 Å². The predicted molar refractivity (Wildman–Crippen MR) is 93.9 cm³/mol. The fourth-order valence-electron chi connectivity index (χ4n) is 2.69. The second kappa shape index (κ2) is 6.80. The summed E-state index contributed by atoms with van der Waals surface area (Å²) in [7, 11) is 0. The molecular weight excluding hydrogens is 380 g/mol. The normalized spacial score (nSPS) is 18.7. The van der Waals surface area contributed by atoms with Crippen LogP contribution in [0.5, 0.6) is 5.75 Å². The summed E-state index contributed by atoms with van der Waals surface area (Å²) in [6, 6.07) is 5.55. The molecule has 1 aromatic rings. The number of halogens is 1. The van der Waals surface area contributed by atoms with Gasteiger partial charge in [0.2, 0.25) is 0 Å². The zero-order valence-corrected chi connectivity index (χ0v) is 14.6. The lowest BCUT2D eigenvalue weighted by Crippen LogP contribution is -2.51. The maximum atomic E-state index is 12.0. The van der Waals surface area contributed by atoms with Crippen LogP contribution in [0.3, 0.4) is 0 Å². The summed E-state index contributed by atoms with van der Waals surface area (Å²) in [5, 5.41) is 4.88. The first-order chi connectivity index (χ1) is 11.0. The van der Waals surface area contributed by atoms with Crippen LogP contribution in [0.25, 0.3) is 6.08 Å². The van der Waals surface area contributed by atoms with Crippen LogP contribution in [0.1, 0.15) is 31.2 Å². The Balaban J connectivity index is 1.92. The Hall–Kier alpha value is -1.73. The Kier molecular flexibility index (Phi) is 4.77. The van der Waals surface area contributed by atoms with Crippen LogP contribution < -0.4 is 15.4 Å². The molecule has 1 aliphatic heterocycles. The fraction of sp³-hybridized carbons (Fsp3) is 0.312. The number of thiocarbonyl (C=S) groups is 1. The van der Waals surface area contributed by atoms with Gasteiger partial charge in [-0.15, -0.1) is 0 Å². The highest BCUT2D eigenvalue weighted by Crippen LogP contribution is 2.30. The number of amides is 2. The third-order valence-corrected chi connectivity index (χ3v) is 4.51. The van der Waals surface area contributed by atoms with Gasteiger partial charge in [-0.3, -0.25) is 20.2 Å². The first-order valence-corrected chi connectivity index (χ1v) is 8.57. The van der Waals surface area contributed by atoms with Crippen LogP contribution in [-0.4, -0.2) is 23.0 Å². The van der Waals surface area contributed by atoms with E-state index in [1.807, 2.05) is 18.2 Å². The maximum absolute atomic E-state index is 12.0. The number of rotatable bonds is 3. The molecule has 0 unspecified atom stereocenters. The van der Waals surface area contributed by atoms with Gasteiger partial charge in [0.05, 0.1) is 6.10 Å². The quantitative estimate of drug-likeness (QED) is 0.469. The number of ether oxygens (including phenoxy) is 1. The van der Waals surface area contributed by atoms with Crippen LogP contribution in [0, 0.1) is 0 Å². The van der Waals surface area contributed by atoms with Gasteiger partial charge in [0.15, 0.2) is 5.11 Å². The van der Waals surface area contributed by atoms with Gasteiger partial charge in [-0.2, -0.15) is 0 Å². The first kappa shape index (κ1) is 16.1. The van der Waals surface area contributed by atoms with E-state index in [9.17, 15) is 9.59 Å². The van der Waals surface area contributed by atoms with Gasteiger partial charge in [-0.05, 0) is 62.2 Å². The minimum absolute atomic E-state index is 0.00738. The molecule has 23 heavy (non-hydrogen) atoms. The van der Waals surface area contributed by atoms with E-state index in [-0.39, 0.29) is 16.8 Å². The second-order valence-corrected chi connectivity index (χ2v) is 6.83. The molecule has 3 rings (SSSR count). The van der Waals surface area contributed by atoms with E-state index in [0.717, 1.165) is 17.3 Å². The van der Waals surface area contributed by atoms with Crippen LogP contribution in [0.15, 0.2) is 28.2 Å². The number of benzene rings is 1. The molecule has 7 heteroatoms. The van der Waals surface area contributed by atoms with Crippen molar-refractivity contribution >= 4 is 51.2 Å². The lowest BCUT2D eigenvalue weighted by Gasteiger charge is -2.18. The molecule has 1 saturated heterocycles. The summed E-state index contributed by atoms with van der Waals surface area (Å²) < 4.78 is 6.88. The van der Waals surface area contributed by atoms with Crippen LogP contribution in [0.2, 0.25) is 0 Å². The van der Waals surface area contributed by atoms with E-state index < -0.39 is 11.8 Å². The van der Waals surface area contributed by atoms with Crippen LogP contribution in [0.4, 0.5) is 0 Å². The van der Waals surface area contributed by atoms with Crippen molar-refractivity contribution in [3.8, 4) is 5.75 Å². The largest absolute Gasteiger partial charge is 0.490 e. The molecule has 0 radical (unpaired) electrons. The van der Waals surface area contributed by atoms with Gasteiger partial charge in [0, 0.05) is 10.0 Å². The van der Waals surface area contributed by atoms with Crippen molar-refractivity contribution in [1.82, 2.24) is 10.6 Å². The maximum Gasteiger partial charge on any atom is 0.263 e. The number of carbonyl (C=O) groups is 2. The van der Waals surface area contributed by atoms with Crippen molar-refractivity contribution in [3.05, 3.63) is 33.8 Å². The van der Waals surface area contributed by atoms with Gasteiger partial charge in [0.1, 0.15) is 11.3 Å². The predicted octanol–water partition coefficient (Wildman–Crippen LogP) is 2.68. The van der Waals surface area contributed by atoms with Crippen molar-refractivity contribution < 1.29 is 14.3 Å². The van der Waals surface area contributed by atoms with Crippen molar-refractivity contribution in [2.75, 3.05) is 0 Å². The zero-order chi connectivity index (χ0) is 16.4. The van der Waals surface area contributed by atoms with Crippen molar-refractivity contribution in [3.63, 3.8) is 0 Å². The minimum atomic E-state index is -0.509. The average molecular weight is 395 g/mol. The molecule has 0 aromatic heterocycles. The Labute approximate surface area is 147 Å². The number of nitrogens with one attached hydrogen (secondary N) is 2. The molecule has 120 valence electrons.